The lowest BCUT2D eigenvalue weighted by Crippen LogP contribution is -2.49. The molecule has 1 aromatic rings. The smallest absolute Gasteiger partial charge is 0.322 e. The first-order valence-corrected chi connectivity index (χ1v) is 8.79. The van der Waals surface area contributed by atoms with Crippen molar-refractivity contribution >= 4 is 55.1 Å². The van der Waals surface area contributed by atoms with Crippen molar-refractivity contribution in [1.29, 1.82) is 0 Å². The van der Waals surface area contributed by atoms with E-state index >= 15 is 0 Å². The summed E-state index contributed by atoms with van der Waals surface area (Å²) < 4.78 is 27.4. The summed E-state index contributed by atoms with van der Waals surface area (Å²) in [4.78, 5) is 10.9. The van der Waals surface area contributed by atoms with Crippen LogP contribution in [0.1, 0.15) is 20.8 Å². The van der Waals surface area contributed by atoms with E-state index < -0.39 is 27.4 Å². The Labute approximate surface area is 141 Å². The van der Waals surface area contributed by atoms with Crippen molar-refractivity contribution in [2.45, 2.75) is 31.7 Å². The largest absolute Gasteiger partial charge is 0.480 e. The Kier molecular flexibility index (Phi) is 5.72. The molecule has 0 amide bonds. The minimum atomic E-state index is -4.18. The maximum absolute atomic E-state index is 12.4. The van der Waals surface area contributed by atoms with Gasteiger partial charge in [-0.1, -0.05) is 59.9 Å². The predicted molar refractivity (Wildman–Crippen MR) is 85.4 cm³/mol. The minimum Gasteiger partial charge on any atom is -0.480 e. The molecule has 0 unspecified atom stereocenters. The molecule has 5 nitrogen and oxygen atoms in total. The Balaban J connectivity index is 3.33. The average Bonchev–Trinajstić information content (AvgIpc) is 2.21. The zero-order valence-corrected chi connectivity index (χ0v) is 15.4. The van der Waals surface area contributed by atoms with Gasteiger partial charge in [0.2, 0.25) is 10.0 Å². The van der Waals surface area contributed by atoms with Crippen molar-refractivity contribution < 1.29 is 18.3 Å². The first kappa shape index (κ1) is 18.7. The van der Waals surface area contributed by atoms with Gasteiger partial charge < -0.3 is 5.11 Å². The monoisotopic (exact) mass is 417 g/mol. The van der Waals surface area contributed by atoms with Gasteiger partial charge in [0.15, 0.2) is 0 Å². The van der Waals surface area contributed by atoms with Crippen LogP contribution in [0.15, 0.2) is 21.5 Å². The van der Waals surface area contributed by atoms with Crippen LogP contribution >= 0.6 is 39.1 Å². The molecule has 0 aliphatic carbocycles. The molecule has 0 bridgehead atoms. The highest BCUT2D eigenvalue weighted by Gasteiger charge is 2.36. The number of carbonyl (C=O) groups is 1. The molecule has 0 saturated heterocycles. The number of carboxylic acids is 1. The quantitative estimate of drug-likeness (QED) is 0.783. The van der Waals surface area contributed by atoms with E-state index in [2.05, 4.69) is 20.7 Å². The summed E-state index contributed by atoms with van der Waals surface area (Å²) in [5, 5.41) is 9.01. The molecule has 0 aliphatic rings. The van der Waals surface area contributed by atoms with Gasteiger partial charge in [0.05, 0.1) is 10.0 Å². The Morgan fingerprint density at radius 2 is 1.71 bits per heavy atom. The summed E-state index contributed by atoms with van der Waals surface area (Å²) in [6, 6.07) is 1.42. The SMILES string of the molecule is CC(C)(C)[C@H](NS(=O)(=O)c1c(Cl)cc(Br)cc1Cl)C(=O)O. The molecule has 0 fully saturated rings. The normalized spacial score (nSPS) is 14.0. The zero-order valence-electron chi connectivity index (χ0n) is 11.4. The zero-order chi connectivity index (χ0) is 16.6. The fraction of sp³-hybridized carbons (Fsp3) is 0.417. The Bertz CT molecular complexity index is 647. The Morgan fingerprint density at radius 1 is 1.29 bits per heavy atom. The highest BCUT2D eigenvalue weighted by atomic mass is 79.9. The number of hydrogen-bond donors (Lipinski definition) is 2. The number of carboxylic acid groups (broad SMARTS) is 1. The molecular formula is C12H14BrCl2NO4S. The summed E-state index contributed by atoms with van der Waals surface area (Å²) in [7, 11) is -4.18. The molecule has 2 N–H and O–H groups in total. The van der Waals surface area contributed by atoms with E-state index in [9.17, 15) is 18.3 Å². The van der Waals surface area contributed by atoms with Gasteiger partial charge in [-0.05, 0) is 17.5 Å². The molecule has 118 valence electrons. The Morgan fingerprint density at radius 3 is 2.05 bits per heavy atom. The lowest BCUT2D eigenvalue weighted by atomic mass is 9.88. The van der Waals surface area contributed by atoms with E-state index in [0.717, 1.165) is 0 Å². The van der Waals surface area contributed by atoms with E-state index in [1.807, 2.05) is 0 Å². The van der Waals surface area contributed by atoms with Crippen LogP contribution in [0.4, 0.5) is 0 Å². The molecular weight excluding hydrogens is 405 g/mol. The van der Waals surface area contributed by atoms with Crippen LogP contribution in [0.3, 0.4) is 0 Å². The molecule has 1 aromatic carbocycles. The van der Waals surface area contributed by atoms with Gasteiger partial charge in [0.1, 0.15) is 10.9 Å². The van der Waals surface area contributed by atoms with Crippen LogP contribution in [0.25, 0.3) is 0 Å². The number of nitrogens with one attached hydrogen (secondary N) is 1. The number of rotatable bonds is 4. The molecule has 21 heavy (non-hydrogen) atoms. The van der Waals surface area contributed by atoms with Gasteiger partial charge in [0.25, 0.3) is 0 Å². The van der Waals surface area contributed by atoms with Crippen molar-refractivity contribution in [2.75, 3.05) is 0 Å². The summed E-state index contributed by atoms with van der Waals surface area (Å²) in [6.07, 6.45) is 0. The highest BCUT2D eigenvalue weighted by Crippen LogP contribution is 2.33. The summed E-state index contributed by atoms with van der Waals surface area (Å²) in [6.45, 7) is 4.83. The third-order valence-corrected chi connectivity index (χ3v) is 5.42. The maximum atomic E-state index is 12.4. The highest BCUT2D eigenvalue weighted by molar-refractivity contribution is 9.10. The number of benzene rings is 1. The third kappa shape index (κ3) is 4.56. The topological polar surface area (TPSA) is 83.5 Å². The van der Waals surface area contributed by atoms with E-state index in [1.54, 1.807) is 20.8 Å². The van der Waals surface area contributed by atoms with Crippen molar-refractivity contribution in [1.82, 2.24) is 4.72 Å². The van der Waals surface area contributed by atoms with Crippen molar-refractivity contribution in [2.24, 2.45) is 5.41 Å². The lowest BCUT2D eigenvalue weighted by Gasteiger charge is -2.27. The Hall–Kier alpha value is -0.340. The molecule has 1 rings (SSSR count). The van der Waals surface area contributed by atoms with Crippen LogP contribution < -0.4 is 4.72 Å². The van der Waals surface area contributed by atoms with Crippen molar-refractivity contribution in [3.8, 4) is 0 Å². The van der Waals surface area contributed by atoms with E-state index in [1.165, 1.54) is 12.1 Å². The maximum Gasteiger partial charge on any atom is 0.322 e. The van der Waals surface area contributed by atoms with E-state index in [4.69, 9.17) is 23.2 Å². The first-order valence-electron chi connectivity index (χ1n) is 5.76. The standard InChI is InChI=1S/C12H14BrCl2NO4S/c1-12(2,3)10(11(17)18)16-21(19,20)9-7(14)4-6(13)5-8(9)15/h4-5,10,16H,1-3H3,(H,17,18)/t10-/m1/s1. The van der Waals surface area contributed by atoms with Gasteiger partial charge in [0, 0.05) is 4.47 Å². The van der Waals surface area contributed by atoms with Crippen molar-refractivity contribution in [3.63, 3.8) is 0 Å². The third-order valence-electron chi connectivity index (χ3n) is 2.62. The van der Waals surface area contributed by atoms with Crippen LogP contribution in [0.5, 0.6) is 0 Å². The lowest BCUT2D eigenvalue weighted by molar-refractivity contribution is -0.141. The molecule has 0 radical (unpaired) electrons. The summed E-state index contributed by atoms with van der Waals surface area (Å²) >= 11 is 15.0. The van der Waals surface area contributed by atoms with E-state index in [0.29, 0.717) is 4.47 Å². The van der Waals surface area contributed by atoms with Crippen LogP contribution in [-0.2, 0) is 14.8 Å². The number of aliphatic carboxylic acids is 1. The molecule has 1 atom stereocenters. The molecule has 0 spiro atoms. The van der Waals surface area contributed by atoms with E-state index in [-0.39, 0.29) is 14.9 Å². The second-order valence-electron chi connectivity index (χ2n) is 5.46. The second-order valence-corrected chi connectivity index (χ2v) is 8.84. The van der Waals surface area contributed by atoms with Gasteiger partial charge in [-0.3, -0.25) is 4.79 Å². The summed E-state index contributed by atoms with van der Waals surface area (Å²) in [5.41, 5.74) is -0.826. The van der Waals surface area contributed by atoms with Crippen molar-refractivity contribution in [3.05, 3.63) is 26.7 Å². The predicted octanol–water partition coefficient (Wildman–Crippen LogP) is 3.53. The molecule has 0 aromatic heterocycles. The van der Waals surface area contributed by atoms with Crippen LogP contribution in [0, 0.1) is 5.41 Å². The van der Waals surface area contributed by atoms with Gasteiger partial charge >= 0.3 is 5.97 Å². The number of halogens is 3. The van der Waals surface area contributed by atoms with Gasteiger partial charge in [-0.2, -0.15) is 4.72 Å². The summed E-state index contributed by atoms with van der Waals surface area (Å²) in [5.74, 6) is -1.28. The molecule has 0 aliphatic heterocycles. The van der Waals surface area contributed by atoms with Gasteiger partial charge in [-0.15, -0.1) is 0 Å². The minimum absolute atomic E-state index is 0.0973. The first-order chi connectivity index (χ1) is 9.36. The number of hydrogen-bond acceptors (Lipinski definition) is 3. The second kappa shape index (κ2) is 6.42. The number of sulfonamides is 1. The van der Waals surface area contributed by atoms with Crippen LogP contribution in [-0.4, -0.2) is 25.5 Å². The fourth-order valence-corrected chi connectivity index (χ4v) is 4.93. The molecule has 0 saturated carbocycles. The van der Waals surface area contributed by atoms with Gasteiger partial charge in [-0.25, -0.2) is 8.42 Å². The fourth-order valence-electron chi connectivity index (χ4n) is 1.60. The average molecular weight is 419 g/mol. The molecule has 9 heteroatoms. The van der Waals surface area contributed by atoms with Crippen LogP contribution in [0.2, 0.25) is 10.0 Å². The molecule has 0 heterocycles.